The average Bonchev–Trinajstić information content (AvgIpc) is 2.58. The predicted octanol–water partition coefficient (Wildman–Crippen LogP) is 1.43. The maximum absolute atomic E-state index is 11.3. The molecule has 4 nitrogen and oxygen atoms in total. The highest BCUT2D eigenvalue weighted by Gasteiger charge is 2.26. The highest BCUT2D eigenvalue weighted by atomic mass is 35.5. The largest absolute Gasteiger partial charge is 0.326 e. The highest BCUT2D eigenvalue weighted by Crippen LogP contribution is 2.22. The fraction of sp³-hybridized carbons (Fsp3) is 0. The van der Waals surface area contributed by atoms with Gasteiger partial charge < -0.3 is 5.32 Å². The number of hydrogen-bond acceptors (Lipinski definition) is 2. The Kier molecular flexibility index (Phi) is 2.43. The topological polar surface area (TPSA) is 58.2 Å². The van der Waals surface area contributed by atoms with Crippen LogP contribution < -0.4 is 10.6 Å². The van der Waals surface area contributed by atoms with Gasteiger partial charge in [-0.15, -0.1) is 0 Å². The van der Waals surface area contributed by atoms with E-state index in [9.17, 15) is 9.59 Å². The van der Waals surface area contributed by atoms with Crippen molar-refractivity contribution in [2.45, 2.75) is 0 Å². The Morgan fingerprint density at radius 1 is 1.07 bits per heavy atom. The minimum Gasteiger partial charge on any atom is -0.302 e. The van der Waals surface area contributed by atoms with Crippen molar-refractivity contribution < 1.29 is 9.59 Å². The molecule has 15 heavy (non-hydrogen) atoms. The van der Waals surface area contributed by atoms with Crippen LogP contribution in [-0.2, 0) is 4.79 Å². The summed E-state index contributed by atoms with van der Waals surface area (Å²) in [5.41, 5.74) is 0.777. The molecular weight excluding hydrogens is 216 g/mol. The van der Waals surface area contributed by atoms with Crippen LogP contribution in [0.25, 0.3) is 5.03 Å². The van der Waals surface area contributed by atoms with Crippen molar-refractivity contribution in [1.29, 1.82) is 0 Å². The Hall–Kier alpha value is -1.81. The number of carbonyl (C=O) groups is 2. The molecule has 0 atom stereocenters. The molecule has 0 bridgehead atoms. The molecule has 1 aromatic carbocycles. The van der Waals surface area contributed by atoms with Crippen molar-refractivity contribution in [3.8, 4) is 0 Å². The number of benzene rings is 1. The number of halogens is 1. The average molecular weight is 223 g/mol. The zero-order valence-corrected chi connectivity index (χ0v) is 8.34. The molecule has 1 fully saturated rings. The minimum atomic E-state index is -0.552. The van der Waals surface area contributed by atoms with Crippen molar-refractivity contribution in [3.63, 3.8) is 0 Å². The van der Waals surface area contributed by atoms with Gasteiger partial charge in [-0.05, 0) is 5.56 Å². The summed E-state index contributed by atoms with van der Waals surface area (Å²) >= 11 is 5.98. The zero-order valence-electron chi connectivity index (χ0n) is 7.58. The van der Waals surface area contributed by atoms with E-state index >= 15 is 0 Å². The van der Waals surface area contributed by atoms with Gasteiger partial charge in [0, 0.05) is 0 Å². The molecule has 0 aromatic heterocycles. The molecule has 0 aliphatic carbocycles. The van der Waals surface area contributed by atoms with Gasteiger partial charge in [0.2, 0.25) is 0 Å². The lowest BCUT2D eigenvalue weighted by Crippen LogP contribution is -2.22. The van der Waals surface area contributed by atoms with Crippen LogP contribution in [0.3, 0.4) is 0 Å². The van der Waals surface area contributed by atoms with Gasteiger partial charge in [-0.3, -0.25) is 10.1 Å². The second-order valence-electron chi connectivity index (χ2n) is 2.96. The molecule has 0 radical (unpaired) electrons. The summed E-state index contributed by atoms with van der Waals surface area (Å²) in [5, 5.41) is 4.67. The molecule has 0 saturated carbocycles. The smallest absolute Gasteiger partial charge is 0.302 e. The van der Waals surface area contributed by atoms with E-state index in [1.807, 2.05) is 6.07 Å². The van der Waals surface area contributed by atoms with Crippen LogP contribution >= 0.6 is 11.6 Å². The van der Waals surface area contributed by atoms with Crippen molar-refractivity contribution >= 4 is 28.6 Å². The third-order valence-electron chi connectivity index (χ3n) is 1.94. The third kappa shape index (κ3) is 1.85. The van der Waals surface area contributed by atoms with Crippen LogP contribution in [0.4, 0.5) is 4.79 Å². The van der Waals surface area contributed by atoms with Crippen LogP contribution in [0, 0.1) is 0 Å². The molecule has 2 N–H and O–H groups in total. The van der Waals surface area contributed by atoms with Crippen LogP contribution in [0.2, 0.25) is 0 Å². The van der Waals surface area contributed by atoms with Crippen LogP contribution in [-0.4, -0.2) is 11.9 Å². The van der Waals surface area contributed by atoms with E-state index in [0.717, 1.165) is 0 Å². The van der Waals surface area contributed by atoms with Gasteiger partial charge in [0.15, 0.2) is 0 Å². The number of urea groups is 1. The number of rotatable bonds is 1. The first kappa shape index (κ1) is 9.73. The molecule has 0 spiro atoms. The number of amides is 3. The fourth-order valence-electron chi connectivity index (χ4n) is 1.25. The molecular formula is C10H7ClN2O2. The van der Waals surface area contributed by atoms with E-state index < -0.39 is 11.9 Å². The van der Waals surface area contributed by atoms with Crippen LogP contribution in [0.5, 0.6) is 0 Å². The van der Waals surface area contributed by atoms with Gasteiger partial charge in [-0.2, -0.15) is 0 Å². The number of hydrogen-bond donors (Lipinski definition) is 2. The van der Waals surface area contributed by atoms with Crippen molar-refractivity contribution in [2.75, 3.05) is 0 Å². The quantitative estimate of drug-likeness (QED) is 0.558. The lowest BCUT2D eigenvalue weighted by molar-refractivity contribution is -0.115. The normalized spacial score (nSPS) is 18.5. The molecule has 1 aliphatic heterocycles. The first-order valence-corrected chi connectivity index (χ1v) is 4.64. The lowest BCUT2D eigenvalue weighted by atomic mass is 10.2. The summed E-state index contributed by atoms with van der Waals surface area (Å²) in [7, 11) is 0. The van der Waals surface area contributed by atoms with E-state index in [4.69, 9.17) is 11.6 Å². The Bertz CT molecular complexity index is 454. The molecule has 1 aromatic rings. The maximum atomic E-state index is 11.3. The van der Waals surface area contributed by atoms with Gasteiger partial charge in [-0.1, -0.05) is 41.9 Å². The monoisotopic (exact) mass is 222 g/mol. The molecule has 1 saturated heterocycles. The molecule has 2 rings (SSSR count). The minimum absolute atomic E-state index is 0.0906. The molecule has 3 amide bonds. The van der Waals surface area contributed by atoms with Gasteiger partial charge in [0.05, 0.1) is 5.03 Å². The number of imide groups is 1. The van der Waals surface area contributed by atoms with E-state index in [0.29, 0.717) is 5.56 Å². The molecule has 76 valence electrons. The van der Waals surface area contributed by atoms with E-state index in [2.05, 4.69) is 10.6 Å². The molecule has 1 heterocycles. The second-order valence-corrected chi connectivity index (χ2v) is 3.34. The summed E-state index contributed by atoms with van der Waals surface area (Å²) in [5.74, 6) is -0.506. The van der Waals surface area contributed by atoms with Gasteiger partial charge >= 0.3 is 6.03 Å². The van der Waals surface area contributed by atoms with E-state index in [1.165, 1.54) is 0 Å². The summed E-state index contributed by atoms with van der Waals surface area (Å²) < 4.78 is 0. The highest BCUT2D eigenvalue weighted by molar-refractivity contribution is 6.51. The first-order valence-electron chi connectivity index (χ1n) is 4.26. The number of nitrogens with one attached hydrogen (secondary N) is 2. The summed E-state index contributed by atoms with van der Waals surface area (Å²) in [6, 6.07) is 8.40. The number of carbonyl (C=O) groups excluding carboxylic acids is 2. The zero-order chi connectivity index (χ0) is 10.8. The van der Waals surface area contributed by atoms with Gasteiger partial charge in [-0.25, -0.2) is 4.79 Å². The summed E-state index contributed by atoms with van der Waals surface area (Å²) in [6.07, 6.45) is 0. The maximum Gasteiger partial charge on any atom is 0.326 e. The summed E-state index contributed by atoms with van der Waals surface area (Å²) in [4.78, 5) is 22.1. The Morgan fingerprint density at radius 2 is 1.73 bits per heavy atom. The van der Waals surface area contributed by atoms with Gasteiger partial charge in [0.1, 0.15) is 5.70 Å². The predicted molar refractivity (Wildman–Crippen MR) is 55.9 cm³/mol. The first-order chi connectivity index (χ1) is 7.18. The van der Waals surface area contributed by atoms with Crippen molar-refractivity contribution in [2.24, 2.45) is 0 Å². The third-order valence-corrected chi connectivity index (χ3v) is 2.35. The SMILES string of the molecule is O=C1NC(=O)/C(=C(\Cl)c2ccccc2)N1. The molecule has 0 unspecified atom stereocenters. The molecule has 1 aliphatic rings. The van der Waals surface area contributed by atoms with E-state index in [1.54, 1.807) is 24.3 Å². The Morgan fingerprint density at radius 3 is 2.27 bits per heavy atom. The van der Waals surface area contributed by atoms with Crippen LogP contribution in [0.15, 0.2) is 36.0 Å². The Labute approximate surface area is 90.9 Å². The summed E-state index contributed by atoms with van der Waals surface area (Å²) in [6.45, 7) is 0. The van der Waals surface area contributed by atoms with Crippen molar-refractivity contribution in [1.82, 2.24) is 10.6 Å². The fourth-order valence-corrected chi connectivity index (χ4v) is 1.51. The van der Waals surface area contributed by atoms with Gasteiger partial charge in [0.25, 0.3) is 5.91 Å². The second kappa shape index (κ2) is 3.74. The van der Waals surface area contributed by atoms with E-state index in [-0.39, 0.29) is 10.7 Å². The van der Waals surface area contributed by atoms with Crippen LogP contribution in [0.1, 0.15) is 5.56 Å². The van der Waals surface area contributed by atoms with Crippen molar-refractivity contribution in [3.05, 3.63) is 41.6 Å². The Balaban J connectivity index is 2.42. The lowest BCUT2D eigenvalue weighted by Gasteiger charge is -2.01. The molecule has 5 heteroatoms. The standard InChI is InChI=1S/C10H7ClN2O2/c11-7(6-4-2-1-3-5-6)8-9(14)13-10(15)12-8/h1-5H,(H2,12,13,14,15)/b8-7+.